The van der Waals surface area contributed by atoms with Gasteiger partial charge in [-0.05, 0) is 39.8 Å². The number of benzene rings is 1. The second-order valence-corrected chi connectivity index (χ2v) is 8.76. The van der Waals surface area contributed by atoms with Gasteiger partial charge in [-0.25, -0.2) is 8.42 Å². The van der Waals surface area contributed by atoms with Crippen molar-refractivity contribution < 1.29 is 18.0 Å². The molecule has 0 spiro atoms. The van der Waals surface area contributed by atoms with Crippen LogP contribution in [0.5, 0.6) is 0 Å². The number of nitrogens with one attached hydrogen (secondary N) is 3. The minimum Gasteiger partial charge on any atom is -0.350 e. The average Bonchev–Trinajstić information content (AvgIpc) is 2.77. The van der Waals surface area contributed by atoms with Crippen LogP contribution in [0.1, 0.15) is 39.7 Å². The molecule has 1 aliphatic rings. The van der Waals surface area contributed by atoms with Crippen LogP contribution < -0.4 is 15.4 Å². The number of hydrogen-bond acceptors (Lipinski definition) is 5. The molecular weight excluding hydrogens is 356 g/mol. The van der Waals surface area contributed by atoms with Crippen molar-refractivity contribution in [1.82, 2.24) is 15.4 Å². The molecule has 142 valence electrons. The van der Waals surface area contributed by atoms with Crippen molar-refractivity contribution in [2.75, 3.05) is 6.54 Å². The van der Waals surface area contributed by atoms with Gasteiger partial charge >= 0.3 is 0 Å². The number of carbonyl (C=O) groups is 2. The maximum Gasteiger partial charge on any atom is 0.263 e. The molecule has 0 aromatic heterocycles. The van der Waals surface area contributed by atoms with Gasteiger partial charge in [0.05, 0.1) is 11.4 Å². The van der Waals surface area contributed by atoms with Crippen LogP contribution in [0, 0.1) is 0 Å². The van der Waals surface area contributed by atoms with E-state index in [1.54, 1.807) is 25.1 Å². The van der Waals surface area contributed by atoms with Crippen LogP contribution in [0.25, 0.3) is 0 Å². The summed E-state index contributed by atoms with van der Waals surface area (Å²) in [5.74, 6) is -0.374. The van der Waals surface area contributed by atoms with Crippen LogP contribution in [-0.4, -0.2) is 44.2 Å². The molecule has 1 heterocycles. The molecule has 0 bridgehead atoms. The Morgan fingerprint density at radius 2 is 1.88 bits per heavy atom. The molecule has 3 N–H and O–H groups in total. The summed E-state index contributed by atoms with van der Waals surface area (Å²) in [4.78, 5) is 28.3. The number of sulfonamides is 1. The van der Waals surface area contributed by atoms with Crippen molar-refractivity contribution in [3.63, 3.8) is 0 Å². The van der Waals surface area contributed by atoms with Gasteiger partial charge in [0, 0.05) is 17.5 Å². The SMILES string of the molecule is CC(NC(=O)CCN=C1NS(=O)(=O)c2ccccc21)C(=O)NC(C)(C)C. The molecule has 0 saturated carbocycles. The monoisotopic (exact) mass is 380 g/mol. The number of rotatable bonds is 5. The quantitative estimate of drug-likeness (QED) is 0.691. The molecule has 1 aliphatic heterocycles. The van der Waals surface area contributed by atoms with Gasteiger partial charge in [0.25, 0.3) is 10.0 Å². The minimum atomic E-state index is -3.59. The molecule has 0 fully saturated rings. The third kappa shape index (κ3) is 5.04. The standard InChI is InChI=1S/C17H24N4O4S/c1-11(16(23)20-17(2,3)4)19-14(22)9-10-18-15-12-7-5-6-8-13(12)26(24,25)21-15/h5-8,11H,9-10H2,1-4H3,(H,18,21)(H,19,22)(H,20,23). The van der Waals surface area contributed by atoms with E-state index >= 15 is 0 Å². The van der Waals surface area contributed by atoms with E-state index in [9.17, 15) is 18.0 Å². The van der Waals surface area contributed by atoms with Crippen molar-refractivity contribution in [3.05, 3.63) is 29.8 Å². The summed E-state index contributed by atoms with van der Waals surface area (Å²) in [5.41, 5.74) is 0.112. The molecule has 1 atom stereocenters. The first-order valence-electron chi connectivity index (χ1n) is 8.28. The Morgan fingerprint density at radius 3 is 2.54 bits per heavy atom. The highest BCUT2D eigenvalue weighted by molar-refractivity contribution is 7.90. The van der Waals surface area contributed by atoms with E-state index in [4.69, 9.17) is 0 Å². The summed E-state index contributed by atoms with van der Waals surface area (Å²) in [6.07, 6.45) is 0.0422. The maximum atomic E-state index is 12.0. The van der Waals surface area contributed by atoms with Crippen LogP contribution >= 0.6 is 0 Å². The Labute approximate surface area is 153 Å². The van der Waals surface area contributed by atoms with E-state index in [0.29, 0.717) is 5.56 Å². The molecule has 2 rings (SSSR count). The smallest absolute Gasteiger partial charge is 0.263 e. The van der Waals surface area contributed by atoms with Crippen molar-refractivity contribution in [2.45, 2.75) is 50.6 Å². The summed E-state index contributed by atoms with van der Waals surface area (Å²) >= 11 is 0. The van der Waals surface area contributed by atoms with Gasteiger partial charge in [-0.3, -0.25) is 19.3 Å². The predicted octanol–water partition coefficient (Wildman–Crippen LogP) is 0.535. The Hall–Kier alpha value is -2.42. The minimum absolute atomic E-state index is 0.0422. The van der Waals surface area contributed by atoms with Gasteiger partial charge in [0.2, 0.25) is 11.8 Å². The van der Waals surface area contributed by atoms with Gasteiger partial charge in [0.1, 0.15) is 11.9 Å². The molecule has 1 aromatic carbocycles. The fourth-order valence-corrected chi connectivity index (χ4v) is 3.63. The molecule has 0 aliphatic carbocycles. The topological polar surface area (TPSA) is 117 Å². The Morgan fingerprint density at radius 1 is 1.23 bits per heavy atom. The summed E-state index contributed by atoms with van der Waals surface area (Å²) in [6.45, 7) is 7.28. The number of amides is 2. The van der Waals surface area contributed by atoms with E-state index in [0.717, 1.165) is 0 Å². The fraction of sp³-hybridized carbons (Fsp3) is 0.471. The number of carbonyl (C=O) groups excluding carboxylic acids is 2. The Balaban J connectivity index is 1.91. The Kier molecular flexibility index (Phi) is 5.70. The third-order valence-electron chi connectivity index (χ3n) is 3.54. The number of aliphatic imine (C=N–C) groups is 1. The zero-order chi connectivity index (χ0) is 19.5. The van der Waals surface area contributed by atoms with Crippen molar-refractivity contribution in [2.24, 2.45) is 4.99 Å². The lowest BCUT2D eigenvalue weighted by Crippen LogP contribution is -2.50. The van der Waals surface area contributed by atoms with Gasteiger partial charge in [-0.2, -0.15) is 0 Å². The van der Waals surface area contributed by atoms with E-state index in [1.807, 2.05) is 20.8 Å². The molecule has 8 nitrogen and oxygen atoms in total. The molecule has 1 unspecified atom stereocenters. The average molecular weight is 380 g/mol. The number of fused-ring (bicyclic) bond motifs is 1. The number of hydrogen-bond donors (Lipinski definition) is 3. The predicted molar refractivity (Wildman–Crippen MR) is 98.3 cm³/mol. The largest absolute Gasteiger partial charge is 0.350 e. The van der Waals surface area contributed by atoms with Crippen LogP contribution in [0.15, 0.2) is 34.2 Å². The molecular formula is C17H24N4O4S. The van der Waals surface area contributed by atoms with Crippen LogP contribution in [0.2, 0.25) is 0 Å². The molecule has 0 radical (unpaired) electrons. The third-order valence-corrected chi connectivity index (χ3v) is 4.94. The summed E-state index contributed by atoms with van der Waals surface area (Å²) in [7, 11) is -3.59. The van der Waals surface area contributed by atoms with Gasteiger partial charge in [0.15, 0.2) is 0 Å². The molecule has 0 saturated heterocycles. The van der Waals surface area contributed by atoms with Crippen molar-refractivity contribution >= 4 is 27.7 Å². The van der Waals surface area contributed by atoms with E-state index in [2.05, 4.69) is 20.3 Å². The Bertz CT molecular complexity index is 841. The first kappa shape index (κ1) is 19.9. The van der Waals surface area contributed by atoms with Gasteiger partial charge in [-0.1, -0.05) is 12.1 Å². The second-order valence-electron chi connectivity index (χ2n) is 7.11. The maximum absolute atomic E-state index is 12.0. The molecule has 2 amide bonds. The first-order valence-corrected chi connectivity index (χ1v) is 9.76. The summed E-state index contributed by atoms with van der Waals surface area (Å²) < 4.78 is 26.3. The molecule has 26 heavy (non-hydrogen) atoms. The first-order chi connectivity index (χ1) is 12.0. The second kappa shape index (κ2) is 7.45. The van der Waals surface area contributed by atoms with Crippen LogP contribution in [0.4, 0.5) is 0 Å². The van der Waals surface area contributed by atoms with E-state index < -0.39 is 16.1 Å². The zero-order valence-corrected chi connectivity index (χ0v) is 16.1. The molecule has 1 aromatic rings. The van der Waals surface area contributed by atoms with Gasteiger partial charge in [-0.15, -0.1) is 0 Å². The van der Waals surface area contributed by atoms with E-state index in [1.165, 1.54) is 6.07 Å². The highest BCUT2D eigenvalue weighted by atomic mass is 32.2. The summed E-state index contributed by atoms with van der Waals surface area (Å²) in [6, 6.07) is 5.85. The lowest BCUT2D eigenvalue weighted by molar-refractivity contribution is -0.129. The normalized spacial score (nSPS) is 17.9. The van der Waals surface area contributed by atoms with Crippen LogP contribution in [0.3, 0.4) is 0 Å². The summed E-state index contributed by atoms with van der Waals surface area (Å²) in [5, 5.41) is 5.39. The lowest BCUT2D eigenvalue weighted by atomic mass is 10.1. The van der Waals surface area contributed by atoms with E-state index in [-0.39, 0.29) is 41.0 Å². The number of amidine groups is 1. The molecule has 9 heteroatoms. The number of nitrogens with zero attached hydrogens (tertiary/aromatic N) is 1. The fourth-order valence-electron chi connectivity index (χ4n) is 2.38. The zero-order valence-electron chi connectivity index (χ0n) is 15.3. The van der Waals surface area contributed by atoms with Crippen LogP contribution in [-0.2, 0) is 19.6 Å². The van der Waals surface area contributed by atoms with Crippen molar-refractivity contribution in [1.29, 1.82) is 0 Å². The lowest BCUT2D eigenvalue weighted by Gasteiger charge is -2.23. The van der Waals surface area contributed by atoms with Crippen molar-refractivity contribution in [3.8, 4) is 0 Å². The highest BCUT2D eigenvalue weighted by Crippen LogP contribution is 2.22. The highest BCUT2D eigenvalue weighted by Gasteiger charge is 2.30. The van der Waals surface area contributed by atoms with Gasteiger partial charge < -0.3 is 10.6 Å².